The maximum atomic E-state index is 5.62. The molecule has 2 fully saturated rings. The molecule has 0 aliphatic carbocycles. The molecule has 2 aliphatic rings. The number of ether oxygens (including phenoxy) is 1. The zero-order valence-electron chi connectivity index (χ0n) is 13.9. The molecule has 2 aromatic heterocycles. The average Bonchev–Trinajstić information content (AvgIpc) is 3.34. The molecule has 2 aromatic rings. The van der Waals surface area contributed by atoms with Gasteiger partial charge in [0.2, 0.25) is 0 Å². The quantitative estimate of drug-likeness (QED) is 0.914. The summed E-state index contributed by atoms with van der Waals surface area (Å²) >= 11 is 0. The highest BCUT2D eigenvalue weighted by Gasteiger charge is 2.15. The van der Waals surface area contributed by atoms with E-state index in [4.69, 9.17) is 4.74 Å². The van der Waals surface area contributed by atoms with E-state index in [0.717, 1.165) is 55.4 Å². The number of hydrogen-bond acceptors (Lipinski definition) is 5. The van der Waals surface area contributed by atoms with Gasteiger partial charge in [-0.05, 0) is 49.9 Å². The standard InChI is InChI=1S/C19H24N4O/c1-2-10-23(9-1)19-8-6-16(13-22-19)15-5-7-18(20-12-15)21-14-17-4-3-11-24-17/h5-8,12-13,17H,1-4,9-11,14H2,(H,20,21). The molecule has 24 heavy (non-hydrogen) atoms. The monoisotopic (exact) mass is 324 g/mol. The molecule has 0 aromatic carbocycles. The molecule has 4 rings (SSSR count). The number of nitrogens with one attached hydrogen (secondary N) is 1. The molecule has 2 aliphatic heterocycles. The molecule has 5 nitrogen and oxygen atoms in total. The van der Waals surface area contributed by atoms with Gasteiger partial charge in [0, 0.05) is 49.8 Å². The minimum absolute atomic E-state index is 0.328. The van der Waals surface area contributed by atoms with E-state index in [2.05, 4.69) is 38.4 Å². The van der Waals surface area contributed by atoms with Crippen molar-refractivity contribution in [3.63, 3.8) is 0 Å². The first-order chi connectivity index (χ1) is 11.9. The van der Waals surface area contributed by atoms with Gasteiger partial charge in [-0.15, -0.1) is 0 Å². The van der Waals surface area contributed by atoms with Gasteiger partial charge in [-0.1, -0.05) is 0 Å². The molecule has 4 heterocycles. The van der Waals surface area contributed by atoms with Crippen LogP contribution in [0.4, 0.5) is 11.6 Å². The van der Waals surface area contributed by atoms with E-state index >= 15 is 0 Å². The van der Waals surface area contributed by atoms with Crippen LogP contribution in [0.5, 0.6) is 0 Å². The van der Waals surface area contributed by atoms with Crippen LogP contribution in [0, 0.1) is 0 Å². The zero-order valence-corrected chi connectivity index (χ0v) is 13.9. The van der Waals surface area contributed by atoms with E-state index in [1.165, 1.54) is 19.3 Å². The molecule has 0 saturated carbocycles. The number of nitrogens with zero attached hydrogens (tertiary/aromatic N) is 3. The fraction of sp³-hybridized carbons (Fsp3) is 0.474. The van der Waals surface area contributed by atoms with Crippen molar-refractivity contribution >= 4 is 11.6 Å². The van der Waals surface area contributed by atoms with Crippen LogP contribution in [-0.2, 0) is 4.74 Å². The summed E-state index contributed by atoms with van der Waals surface area (Å²) in [6.45, 7) is 3.97. The van der Waals surface area contributed by atoms with Crippen molar-refractivity contribution in [2.75, 3.05) is 36.5 Å². The van der Waals surface area contributed by atoms with Crippen molar-refractivity contribution in [3.05, 3.63) is 36.7 Å². The molecule has 1 N–H and O–H groups in total. The van der Waals surface area contributed by atoms with Gasteiger partial charge in [-0.3, -0.25) is 0 Å². The first kappa shape index (κ1) is 15.4. The van der Waals surface area contributed by atoms with Crippen LogP contribution in [0.3, 0.4) is 0 Å². The first-order valence-corrected chi connectivity index (χ1v) is 8.91. The van der Waals surface area contributed by atoms with E-state index in [-0.39, 0.29) is 0 Å². The summed E-state index contributed by atoms with van der Waals surface area (Å²) in [5, 5.41) is 3.35. The van der Waals surface area contributed by atoms with Crippen molar-refractivity contribution < 1.29 is 4.74 Å². The SMILES string of the molecule is c1cc(NCC2CCCO2)ncc1-c1ccc(N2CCCC2)nc1. The van der Waals surface area contributed by atoms with Gasteiger partial charge in [0.15, 0.2) is 0 Å². The third kappa shape index (κ3) is 3.51. The van der Waals surface area contributed by atoms with E-state index in [1.807, 2.05) is 18.5 Å². The fourth-order valence-corrected chi connectivity index (χ4v) is 3.38. The maximum Gasteiger partial charge on any atom is 0.128 e. The van der Waals surface area contributed by atoms with Crippen molar-refractivity contribution in [1.29, 1.82) is 0 Å². The third-order valence-electron chi connectivity index (χ3n) is 4.81. The minimum atomic E-state index is 0.328. The summed E-state index contributed by atoms with van der Waals surface area (Å²) in [5.41, 5.74) is 2.20. The fourth-order valence-electron chi connectivity index (χ4n) is 3.38. The number of aromatic nitrogens is 2. The van der Waals surface area contributed by atoms with Crippen LogP contribution in [-0.4, -0.2) is 42.3 Å². The highest BCUT2D eigenvalue weighted by molar-refractivity contribution is 5.64. The maximum absolute atomic E-state index is 5.62. The molecule has 5 heteroatoms. The van der Waals surface area contributed by atoms with Gasteiger partial charge >= 0.3 is 0 Å². The Kier molecular flexibility index (Phi) is 4.60. The Morgan fingerprint density at radius 2 is 1.79 bits per heavy atom. The molecule has 0 amide bonds. The predicted octanol–water partition coefficient (Wildman–Crippen LogP) is 3.33. The smallest absolute Gasteiger partial charge is 0.128 e. The second-order valence-electron chi connectivity index (χ2n) is 6.55. The minimum Gasteiger partial charge on any atom is -0.376 e. The zero-order chi connectivity index (χ0) is 16.2. The normalized spacial score (nSPS) is 20.5. The molecule has 0 radical (unpaired) electrons. The lowest BCUT2D eigenvalue weighted by atomic mass is 10.1. The predicted molar refractivity (Wildman–Crippen MR) is 96.4 cm³/mol. The van der Waals surface area contributed by atoms with Crippen molar-refractivity contribution in [1.82, 2.24) is 9.97 Å². The van der Waals surface area contributed by atoms with Gasteiger partial charge in [0.25, 0.3) is 0 Å². The van der Waals surface area contributed by atoms with Crippen LogP contribution in [0.25, 0.3) is 11.1 Å². The molecule has 1 atom stereocenters. The average molecular weight is 324 g/mol. The first-order valence-electron chi connectivity index (χ1n) is 8.91. The van der Waals surface area contributed by atoms with Crippen molar-refractivity contribution in [2.45, 2.75) is 31.8 Å². The van der Waals surface area contributed by atoms with Gasteiger partial charge in [0.1, 0.15) is 11.6 Å². The lowest BCUT2D eigenvalue weighted by molar-refractivity contribution is 0.120. The summed E-state index contributed by atoms with van der Waals surface area (Å²) in [4.78, 5) is 11.5. The Labute approximate surface area is 143 Å². The van der Waals surface area contributed by atoms with E-state index < -0.39 is 0 Å². The second kappa shape index (κ2) is 7.18. The van der Waals surface area contributed by atoms with Crippen LogP contribution in [0.1, 0.15) is 25.7 Å². The Morgan fingerprint density at radius 3 is 2.42 bits per heavy atom. The molecule has 2 saturated heterocycles. The number of anilines is 2. The van der Waals surface area contributed by atoms with Gasteiger partial charge in [-0.25, -0.2) is 9.97 Å². The molecule has 0 spiro atoms. The van der Waals surface area contributed by atoms with Gasteiger partial charge in [-0.2, -0.15) is 0 Å². The molecule has 126 valence electrons. The topological polar surface area (TPSA) is 50.3 Å². The van der Waals surface area contributed by atoms with E-state index in [0.29, 0.717) is 6.10 Å². The Balaban J connectivity index is 1.38. The highest BCUT2D eigenvalue weighted by Crippen LogP contribution is 2.23. The summed E-state index contributed by atoms with van der Waals surface area (Å²) in [5.74, 6) is 1.98. The van der Waals surface area contributed by atoms with E-state index in [1.54, 1.807) is 0 Å². The molecular weight excluding hydrogens is 300 g/mol. The lowest BCUT2D eigenvalue weighted by Crippen LogP contribution is -2.18. The van der Waals surface area contributed by atoms with Crippen LogP contribution < -0.4 is 10.2 Å². The van der Waals surface area contributed by atoms with Crippen molar-refractivity contribution in [3.8, 4) is 11.1 Å². The Hall–Kier alpha value is -2.14. The number of hydrogen-bond donors (Lipinski definition) is 1. The van der Waals surface area contributed by atoms with Gasteiger partial charge in [0.05, 0.1) is 6.10 Å². The second-order valence-corrected chi connectivity index (χ2v) is 6.55. The summed E-state index contributed by atoms with van der Waals surface area (Å²) < 4.78 is 5.62. The summed E-state index contributed by atoms with van der Waals surface area (Å²) in [6.07, 6.45) is 9.03. The molecular formula is C19H24N4O. The third-order valence-corrected chi connectivity index (χ3v) is 4.81. The molecule has 0 bridgehead atoms. The van der Waals surface area contributed by atoms with Crippen LogP contribution >= 0.6 is 0 Å². The van der Waals surface area contributed by atoms with Crippen LogP contribution in [0.15, 0.2) is 36.7 Å². The number of rotatable bonds is 5. The number of pyridine rings is 2. The summed E-state index contributed by atoms with van der Waals surface area (Å²) in [6, 6.07) is 8.37. The Bertz CT molecular complexity index is 644. The highest BCUT2D eigenvalue weighted by atomic mass is 16.5. The summed E-state index contributed by atoms with van der Waals surface area (Å²) in [7, 11) is 0. The Morgan fingerprint density at radius 1 is 1.00 bits per heavy atom. The van der Waals surface area contributed by atoms with E-state index in [9.17, 15) is 0 Å². The van der Waals surface area contributed by atoms with Crippen molar-refractivity contribution in [2.24, 2.45) is 0 Å². The lowest BCUT2D eigenvalue weighted by Gasteiger charge is -2.16. The van der Waals surface area contributed by atoms with Gasteiger partial charge < -0.3 is 15.0 Å². The largest absolute Gasteiger partial charge is 0.376 e. The molecule has 1 unspecified atom stereocenters. The van der Waals surface area contributed by atoms with Crippen LogP contribution in [0.2, 0.25) is 0 Å².